The lowest BCUT2D eigenvalue weighted by atomic mass is 9.33. The Hall–Kier alpha value is -3.46. The summed E-state index contributed by atoms with van der Waals surface area (Å²) in [4.78, 5) is 5.42. The fourth-order valence-electron chi connectivity index (χ4n) is 9.57. The summed E-state index contributed by atoms with van der Waals surface area (Å²) in [6.07, 6.45) is 5.07. The minimum atomic E-state index is 0.0334. The van der Waals surface area contributed by atoms with Gasteiger partial charge in [-0.1, -0.05) is 125 Å². The Labute approximate surface area is 284 Å². The van der Waals surface area contributed by atoms with Crippen molar-refractivity contribution in [3.63, 3.8) is 0 Å². The van der Waals surface area contributed by atoms with Gasteiger partial charge in [0.05, 0.1) is 5.54 Å². The zero-order chi connectivity index (χ0) is 33.5. The zero-order valence-corrected chi connectivity index (χ0v) is 30.7. The van der Waals surface area contributed by atoms with Gasteiger partial charge < -0.3 is 9.80 Å². The van der Waals surface area contributed by atoms with Crippen molar-refractivity contribution in [3.05, 3.63) is 95.1 Å². The fraction of sp³-hybridized carbons (Fsp3) is 0.455. The molecule has 4 aromatic carbocycles. The van der Waals surface area contributed by atoms with Crippen LogP contribution in [0.1, 0.15) is 124 Å². The van der Waals surface area contributed by atoms with E-state index >= 15 is 0 Å². The first-order chi connectivity index (χ1) is 21.9. The molecule has 3 heterocycles. The van der Waals surface area contributed by atoms with Crippen LogP contribution in [0.2, 0.25) is 0 Å². The third-order valence-corrected chi connectivity index (χ3v) is 12.7. The number of fused-ring (bicyclic) bond motifs is 7. The van der Waals surface area contributed by atoms with Gasteiger partial charge in [0.25, 0.3) is 6.71 Å². The van der Waals surface area contributed by atoms with Gasteiger partial charge in [0.15, 0.2) is 0 Å². The van der Waals surface area contributed by atoms with E-state index in [1.807, 2.05) is 0 Å². The second-order valence-electron chi connectivity index (χ2n) is 18.7. The van der Waals surface area contributed by atoms with E-state index < -0.39 is 0 Å². The Kier molecular flexibility index (Phi) is 6.29. The van der Waals surface area contributed by atoms with Crippen LogP contribution in [0.4, 0.5) is 28.4 Å². The minimum Gasteiger partial charge on any atom is -0.335 e. The molecule has 3 heteroatoms. The van der Waals surface area contributed by atoms with Crippen LogP contribution < -0.4 is 26.2 Å². The Morgan fingerprint density at radius 3 is 1.85 bits per heavy atom. The molecule has 4 aliphatic rings. The molecule has 0 N–H and O–H groups in total. The monoisotopic (exact) mass is 620 g/mol. The number of benzene rings is 4. The van der Waals surface area contributed by atoms with Gasteiger partial charge >= 0.3 is 0 Å². The maximum Gasteiger partial charge on any atom is 0.252 e. The summed E-state index contributed by atoms with van der Waals surface area (Å²) in [6.45, 7) is 26.5. The van der Waals surface area contributed by atoms with Gasteiger partial charge in [-0.3, -0.25) is 0 Å². The smallest absolute Gasteiger partial charge is 0.252 e. The van der Waals surface area contributed by atoms with Crippen molar-refractivity contribution < 1.29 is 0 Å². The molecule has 0 amide bonds. The van der Waals surface area contributed by atoms with Crippen LogP contribution in [-0.4, -0.2) is 12.3 Å². The van der Waals surface area contributed by atoms with Gasteiger partial charge in [-0.05, 0) is 105 Å². The largest absolute Gasteiger partial charge is 0.335 e. The van der Waals surface area contributed by atoms with E-state index in [0.717, 1.165) is 0 Å². The number of nitrogens with zero attached hydrogens (tertiary/aromatic N) is 2. The quantitative estimate of drug-likeness (QED) is 0.172. The average molecular weight is 621 g/mol. The summed E-state index contributed by atoms with van der Waals surface area (Å²) in [5, 5.41) is 0. The average Bonchev–Trinajstić information content (AvgIpc) is 3.21. The van der Waals surface area contributed by atoms with E-state index in [1.165, 1.54) is 87.2 Å². The third-order valence-electron chi connectivity index (χ3n) is 12.7. The van der Waals surface area contributed by atoms with Crippen LogP contribution in [0.3, 0.4) is 0 Å². The summed E-state index contributed by atoms with van der Waals surface area (Å²) in [7, 11) is 0. The third kappa shape index (κ3) is 4.17. The molecular weight excluding hydrogens is 567 g/mol. The van der Waals surface area contributed by atoms with Crippen molar-refractivity contribution in [2.75, 3.05) is 9.80 Å². The second-order valence-corrected chi connectivity index (χ2v) is 18.7. The van der Waals surface area contributed by atoms with Gasteiger partial charge in [0, 0.05) is 33.9 Å². The summed E-state index contributed by atoms with van der Waals surface area (Å²) < 4.78 is 0. The minimum absolute atomic E-state index is 0.0334. The molecule has 242 valence electrons. The standard InChI is InChI=1S/C44H53BN2/c1-40(2,3)28-17-20-31(21-18-28)46-35-22-19-29(41(4,5)6)26-33(35)45-34-27-30(42(7,8)9)25-32-39(34)47(37-16-14-15-36(46)38(37)45)44(11)24-13-12-23-43(32,44)10/h14-22,25-27H,12-13,23-24H2,1-11H3. The Bertz CT molecular complexity index is 1930. The molecule has 0 bridgehead atoms. The molecule has 0 aromatic heterocycles. The van der Waals surface area contributed by atoms with Gasteiger partial charge in [0.2, 0.25) is 0 Å². The van der Waals surface area contributed by atoms with Crippen molar-refractivity contribution in [1.29, 1.82) is 0 Å². The Morgan fingerprint density at radius 2 is 1.19 bits per heavy atom. The van der Waals surface area contributed by atoms with Gasteiger partial charge in [0.1, 0.15) is 0 Å². The van der Waals surface area contributed by atoms with Crippen molar-refractivity contribution in [3.8, 4) is 0 Å². The molecular formula is C44H53BN2. The highest BCUT2D eigenvalue weighted by atomic mass is 15.3. The predicted octanol–water partition coefficient (Wildman–Crippen LogP) is 9.93. The number of hydrogen-bond donors (Lipinski definition) is 0. The highest BCUT2D eigenvalue weighted by molar-refractivity contribution is 7.00. The Balaban J connectivity index is 1.48. The summed E-state index contributed by atoms with van der Waals surface area (Å²) in [5.41, 5.74) is 17.4. The highest BCUT2D eigenvalue weighted by Crippen LogP contribution is 2.62. The van der Waals surface area contributed by atoms with E-state index in [4.69, 9.17) is 0 Å². The maximum absolute atomic E-state index is 2.85. The van der Waals surface area contributed by atoms with Crippen molar-refractivity contribution in [1.82, 2.24) is 0 Å². The van der Waals surface area contributed by atoms with Gasteiger partial charge in [-0.25, -0.2) is 0 Å². The molecule has 0 radical (unpaired) electrons. The van der Waals surface area contributed by atoms with E-state index in [1.54, 1.807) is 5.56 Å². The molecule has 47 heavy (non-hydrogen) atoms. The summed E-state index contributed by atoms with van der Waals surface area (Å²) >= 11 is 0. The molecule has 0 spiro atoms. The van der Waals surface area contributed by atoms with Gasteiger partial charge in [-0.2, -0.15) is 0 Å². The molecule has 1 fully saturated rings. The van der Waals surface area contributed by atoms with Gasteiger partial charge in [-0.15, -0.1) is 0 Å². The van der Waals surface area contributed by atoms with E-state index in [9.17, 15) is 0 Å². The van der Waals surface area contributed by atoms with Crippen molar-refractivity contribution in [2.24, 2.45) is 0 Å². The summed E-state index contributed by atoms with van der Waals surface area (Å²) in [5.74, 6) is 0. The zero-order valence-electron chi connectivity index (χ0n) is 30.7. The van der Waals surface area contributed by atoms with Crippen LogP contribution in [0.25, 0.3) is 0 Å². The number of hydrogen-bond acceptors (Lipinski definition) is 2. The first-order valence-corrected chi connectivity index (χ1v) is 18.1. The van der Waals surface area contributed by atoms with Crippen LogP contribution in [0.15, 0.2) is 72.8 Å². The van der Waals surface area contributed by atoms with Crippen LogP contribution in [0, 0.1) is 0 Å². The van der Waals surface area contributed by atoms with Crippen LogP contribution >= 0.6 is 0 Å². The van der Waals surface area contributed by atoms with Crippen LogP contribution in [-0.2, 0) is 21.7 Å². The first-order valence-electron chi connectivity index (χ1n) is 18.1. The molecule has 0 saturated heterocycles. The SMILES string of the molecule is CC(C)(C)c1ccc(N2c3ccc(C(C)(C)C)cc3B3c4cc(C(C)(C)C)cc5c4N(c4cccc2c43)C2(C)CCCCC52C)cc1. The Morgan fingerprint density at radius 1 is 0.596 bits per heavy atom. The maximum atomic E-state index is 2.85. The molecule has 2 unspecified atom stereocenters. The fourth-order valence-corrected chi connectivity index (χ4v) is 9.57. The highest BCUT2D eigenvalue weighted by Gasteiger charge is 2.61. The molecule has 8 rings (SSSR count). The molecule has 2 atom stereocenters. The van der Waals surface area contributed by atoms with Crippen molar-refractivity contribution >= 4 is 51.5 Å². The number of anilines is 5. The molecule has 4 aromatic rings. The van der Waals surface area contributed by atoms with E-state index in [-0.39, 0.29) is 33.9 Å². The first kappa shape index (κ1) is 30.9. The molecule has 1 aliphatic carbocycles. The molecule has 2 nitrogen and oxygen atoms in total. The molecule has 3 aliphatic heterocycles. The topological polar surface area (TPSA) is 6.48 Å². The second kappa shape index (κ2) is 9.58. The lowest BCUT2D eigenvalue weighted by Gasteiger charge is -2.52. The van der Waals surface area contributed by atoms with Crippen molar-refractivity contribution in [2.45, 2.75) is 129 Å². The predicted molar refractivity (Wildman–Crippen MR) is 205 cm³/mol. The molecule has 1 saturated carbocycles. The van der Waals surface area contributed by atoms with E-state index in [2.05, 4.69) is 159 Å². The number of rotatable bonds is 1. The normalized spacial score (nSPS) is 22.9. The van der Waals surface area contributed by atoms with Crippen LogP contribution in [0.5, 0.6) is 0 Å². The lowest BCUT2D eigenvalue weighted by molar-refractivity contribution is 0.195. The van der Waals surface area contributed by atoms with E-state index in [0.29, 0.717) is 0 Å². The summed E-state index contributed by atoms with van der Waals surface area (Å²) in [6, 6.07) is 29.1. The lowest BCUT2D eigenvalue weighted by Crippen LogP contribution is -2.64.